The van der Waals surface area contributed by atoms with Crippen LogP contribution >= 0.6 is 0 Å². The first-order valence-corrected chi connectivity index (χ1v) is 5.04. The highest BCUT2D eigenvalue weighted by molar-refractivity contribution is 5.81. The maximum Gasteiger partial charge on any atom is 0.133 e. The van der Waals surface area contributed by atoms with Crippen molar-refractivity contribution in [2.45, 2.75) is 40.5 Å². The van der Waals surface area contributed by atoms with Crippen LogP contribution in [0.15, 0.2) is 0 Å². The van der Waals surface area contributed by atoms with E-state index in [1.54, 1.807) is 0 Å². The van der Waals surface area contributed by atoms with E-state index in [4.69, 9.17) is 0 Å². The number of hydrogen-bond acceptors (Lipinski definition) is 1. The third-order valence-electron chi connectivity index (χ3n) is 3.19. The number of carbonyl (C=O) groups excluding carboxylic acids is 1. The minimum Gasteiger partial charge on any atom is -0.300 e. The second-order valence-corrected chi connectivity index (χ2v) is 4.76. The van der Waals surface area contributed by atoms with Gasteiger partial charge in [0.15, 0.2) is 0 Å². The molecule has 70 valence electrons. The Bertz CT molecular complexity index is 152. The van der Waals surface area contributed by atoms with Crippen molar-refractivity contribution < 1.29 is 4.79 Å². The lowest BCUT2D eigenvalue weighted by atomic mass is 9.80. The molecule has 1 aliphatic carbocycles. The van der Waals surface area contributed by atoms with Gasteiger partial charge in [-0.1, -0.05) is 27.7 Å². The predicted octanol–water partition coefficient (Wildman–Crippen LogP) is 2.89. The van der Waals surface area contributed by atoms with E-state index in [-0.39, 0.29) is 0 Å². The van der Waals surface area contributed by atoms with Crippen LogP contribution in [0.2, 0.25) is 0 Å². The van der Waals surface area contributed by atoms with Crippen LogP contribution in [0.3, 0.4) is 0 Å². The van der Waals surface area contributed by atoms with Gasteiger partial charge >= 0.3 is 0 Å². The molecule has 0 aliphatic heterocycles. The molecule has 0 bridgehead atoms. The summed E-state index contributed by atoms with van der Waals surface area (Å²) < 4.78 is 0. The zero-order valence-electron chi connectivity index (χ0n) is 8.63. The van der Waals surface area contributed by atoms with Crippen LogP contribution in [0.25, 0.3) is 0 Å². The van der Waals surface area contributed by atoms with E-state index in [1.807, 2.05) is 0 Å². The zero-order chi connectivity index (χ0) is 9.30. The highest BCUT2D eigenvalue weighted by Crippen LogP contribution is 2.38. The second-order valence-electron chi connectivity index (χ2n) is 4.76. The maximum atomic E-state index is 11.3. The second kappa shape index (κ2) is 3.59. The molecule has 1 heteroatoms. The minimum atomic E-state index is 0.479. The van der Waals surface area contributed by atoms with Crippen molar-refractivity contribution in [2.24, 2.45) is 23.7 Å². The fraction of sp³-hybridized carbons (Fsp3) is 0.909. The molecule has 2 atom stereocenters. The molecule has 0 saturated heterocycles. The van der Waals surface area contributed by atoms with Crippen LogP contribution in [0.1, 0.15) is 40.5 Å². The summed E-state index contributed by atoms with van der Waals surface area (Å²) in [5, 5.41) is 0. The van der Waals surface area contributed by atoms with Crippen LogP contribution in [0.4, 0.5) is 0 Å². The Morgan fingerprint density at radius 2 is 1.33 bits per heavy atom. The average Bonchev–Trinajstić information content (AvgIpc) is 2.31. The summed E-state index contributed by atoms with van der Waals surface area (Å²) in [6.45, 7) is 8.94. The molecule has 0 radical (unpaired) electrons. The Morgan fingerprint density at radius 1 is 1.00 bits per heavy atom. The SMILES string of the molecule is CC(C)[C@@H]1CC(=O)C[C@H]1C(C)C. The summed E-state index contributed by atoms with van der Waals surface area (Å²) in [5.74, 6) is 3.12. The van der Waals surface area contributed by atoms with Crippen molar-refractivity contribution in [2.75, 3.05) is 0 Å². The third kappa shape index (κ3) is 1.88. The molecule has 0 aromatic heterocycles. The normalized spacial score (nSPS) is 30.7. The molecule has 0 spiro atoms. The Balaban J connectivity index is 2.65. The van der Waals surface area contributed by atoms with Crippen LogP contribution in [-0.2, 0) is 4.79 Å². The maximum absolute atomic E-state index is 11.3. The molecular weight excluding hydrogens is 148 g/mol. The largest absolute Gasteiger partial charge is 0.300 e. The first-order valence-electron chi connectivity index (χ1n) is 5.04. The molecule has 1 rings (SSSR count). The number of ketones is 1. The van der Waals surface area contributed by atoms with Gasteiger partial charge in [-0.05, 0) is 23.7 Å². The number of rotatable bonds is 2. The van der Waals surface area contributed by atoms with Gasteiger partial charge < -0.3 is 0 Å². The number of hydrogen-bond donors (Lipinski definition) is 0. The van der Waals surface area contributed by atoms with Crippen molar-refractivity contribution in [1.82, 2.24) is 0 Å². The molecule has 0 N–H and O–H groups in total. The lowest BCUT2D eigenvalue weighted by Gasteiger charge is -2.25. The van der Waals surface area contributed by atoms with Crippen molar-refractivity contribution >= 4 is 5.78 Å². The molecule has 0 heterocycles. The summed E-state index contributed by atoms with van der Waals surface area (Å²) in [7, 11) is 0. The smallest absolute Gasteiger partial charge is 0.133 e. The van der Waals surface area contributed by atoms with E-state index in [1.165, 1.54) is 0 Å². The monoisotopic (exact) mass is 168 g/mol. The Morgan fingerprint density at radius 3 is 1.58 bits per heavy atom. The van der Waals surface area contributed by atoms with Crippen LogP contribution in [0.5, 0.6) is 0 Å². The third-order valence-corrected chi connectivity index (χ3v) is 3.19. The molecule has 1 aliphatic rings. The highest BCUT2D eigenvalue weighted by atomic mass is 16.1. The van der Waals surface area contributed by atoms with Gasteiger partial charge in [-0.25, -0.2) is 0 Å². The lowest BCUT2D eigenvalue weighted by molar-refractivity contribution is -0.117. The Labute approximate surface area is 75.5 Å². The van der Waals surface area contributed by atoms with Crippen molar-refractivity contribution in [3.8, 4) is 0 Å². The Hall–Kier alpha value is -0.330. The van der Waals surface area contributed by atoms with E-state index >= 15 is 0 Å². The number of carbonyl (C=O) groups is 1. The zero-order valence-corrected chi connectivity index (χ0v) is 8.63. The van der Waals surface area contributed by atoms with Crippen LogP contribution in [-0.4, -0.2) is 5.78 Å². The van der Waals surface area contributed by atoms with E-state index in [0.717, 1.165) is 12.8 Å². The quantitative estimate of drug-likeness (QED) is 0.619. The van der Waals surface area contributed by atoms with Crippen LogP contribution < -0.4 is 0 Å². The molecule has 1 fully saturated rings. The molecular formula is C11H20O. The van der Waals surface area contributed by atoms with Gasteiger partial charge in [0.05, 0.1) is 0 Å². The molecule has 0 amide bonds. The lowest BCUT2D eigenvalue weighted by Crippen LogP contribution is -2.18. The summed E-state index contributed by atoms with van der Waals surface area (Å²) in [5.41, 5.74) is 0. The predicted molar refractivity (Wildman–Crippen MR) is 50.9 cm³/mol. The average molecular weight is 168 g/mol. The first-order chi connectivity index (χ1) is 5.52. The van der Waals surface area contributed by atoms with Crippen molar-refractivity contribution in [3.63, 3.8) is 0 Å². The fourth-order valence-corrected chi connectivity index (χ4v) is 2.37. The minimum absolute atomic E-state index is 0.479. The molecule has 12 heavy (non-hydrogen) atoms. The molecule has 0 unspecified atom stereocenters. The Kier molecular flexibility index (Phi) is 2.92. The van der Waals surface area contributed by atoms with Gasteiger partial charge in [-0.2, -0.15) is 0 Å². The summed E-state index contributed by atoms with van der Waals surface area (Å²) in [4.78, 5) is 11.3. The van der Waals surface area contributed by atoms with E-state index < -0.39 is 0 Å². The van der Waals surface area contributed by atoms with Gasteiger partial charge in [0, 0.05) is 12.8 Å². The summed E-state index contributed by atoms with van der Waals surface area (Å²) in [6.07, 6.45) is 1.67. The molecule has 0 aromatic rings. The van der Waals surface area contributed by atoms with Crippen molar-refractivity contribution in [1.29, 1.82) is 0 Å². The van der Waals surface area contributed by atoms with Crippen molar-refractivity contribution in [3.05, 3.63) is 0 Å². The molecule has 1 nitrogen and oxygen atoms in total. The molecule has 0 aromatic carbocycles. The fourth-order valence-electron chi connectivity index (χ4n) is 2.37. The number of Topliss-reactive ketones (excluding diaryl/α,β-unsaturated/α-hetero) is 1. The van der Waals surface area contributed by atoms with Gasteiger partial charge in [0.25, 0.3) is 0 Å². The first kappa shape index (κ1) is 9.76. The van der Waals surface area contributed by atoms with E-state index in [2.05, 4.69) is 27.7 Å². The van der Waals surface area contributed by atoms with Crippen LogP contribution in [0, 0.1) is 23.7 Å². The van der Waals surface area contributed by atoms with Gasteiger partial charge in [0.2, 0.25) is 0 Å². The van der Waals surface area contributed by atoms with Gasteiger partial charge in [-0.3, -0.25) is 4.79 Å². The van der Waals surface area contributed by atoms with E-state index in [9.17, 15) is 4.79 Å². The van der Waals surface area contributed by atoms with Gasteiger partial charge in [0.1, 0.15) is 5.78 Å². The van der Waals surface area contributed by atoms with E-state index in [0.29, 0.717) is 29.5 Å². The summed E-state index contributed by atoms with van der Waals surface area (Å²) in [6, 6.07) is 0. The highest BCUT2D eigenvalue weighted by Gasteiger charge is 2.36. The van der Waals surface area contributed by atoms with Gasteiger partial charge in [-0.15, -0.1) is 0 Å². The topological polar surface area (TPSA) is 17.1 Å². The summed E-state index contributed by atoms with van der Waals surface area (Å²) >= 11 is 0. The molecule has 1 saturated carbocycles. The standard InChI is InChI=1S/C11H20O/c1-7(2)10-5-9(12)6-11(10)8(3)4/h7-8,10-11H,5-6H2,1-4H3/t10-,11-/m0/s1.